The van der Waals surface area contributed by atoms with Crippen molar-refractivity contribution in [3.63, 3.8) is 0 Å². The molecule has 1 aromatic heterocycles. The SMILES string of the molecule is C=CC(=O)N1CCN([C@H]2CCC[C@@H](Nc3ncc(Cl)c(Nc4ccccc4S(=O)(=O)C(C)C)n3)C2)CC1. The molecule has 0 radical (unpaired) electrons. The standard InChI is InChI=1S/C26H35ClN6O3S/c1-4-24(34)33-14-12-32(13-15-33)20-9-7-8-19(16-20)29-26-28-17-21(27)25(31-26)30-22-10-5-6-11-23(22)37(35,36)18(2)3/h4-6,10-11,17-20H,1,7-9,12-16H2,2-3H3,(H2,28,29,30,31)/t19-,20+/m1/s1. The van der Waals surface area contributed by atoms with E-state index in [-0.39, 0.29) is 16.8 Å². The van der Waals surface area contributed by atoms with Crippen molar-refractivity contribution in [1.29, 1.82) is 0 Å². The minimum Gasteiger partial charge on any atom is -0.351 e. The highest BCUT2D eigenvalue weighted by Crippen LogP contribution is 2.31. The van der Waals surface area contributed by atoms with Crippen molar-refractivity contribution in [2.24, 2.45) is 0 Å². The minimum absolute atomic E-state index is 0.00318. The second-order valence-corrected chi connectivity index (χ2v) is 12.7. The van der Waals surface area contributed by atoms with Gasteiger partial charge >= 0.3 is 0 Å². The van der Waals surface area contributed by atoms with Crippen LogP contribution in [0.3, 0.4) is 0 Å². The number of anilines is 3. The fourth-order valence-electron chi connectivity index (χ4n) is 4.97. The van der Waals surface area contributed by atoms with Gasteiger partial charge in [0.25, 0.3) is 0 Å². The number of para-hydroxylation sites is 1. The largest absolute Gasteiger partial charge is 0.351 e. The second-order valence-electron chi connectivity index (χ2n) is 9.83. The predicted octanol–water partition coefficient (Wildman–Crippen LogP) is 4.11. The molecule has 200 valence electrons. The summed E-state index contributed by atoms with van der Waals surface area (Å²) in [5, 5.41) is 6.31. The molecule has 1 aromatic carbocycles. The maximum absolute atomic E-state index is 12.8. The topological polar surface area (TPSA) is 108 Å². The first kappa shape index (κ1) is 27.3. The number of hydrogen-bond acceptors (Lipinski definition) is 8. The fourth-order valence-corrected chi connectivity index (χ4v) is 6.31. The van der Waals surface area contributed by atoms with E-state index in [1.165, 1.54) is 12.3 Å². The number of hydrogen-bond donors (Lipinski definition) is 2. The molecule has 2 aliphatic rings. The molecular formula is C26H35ClN6O3S. The molecule has 2 fully saturated rings. The molecule has 2 aromatic rings. The number of piperazine rings is 1. The Bertz CT molecular complexity index is 1230. The Kier molecular flexibility index (Phi) is 8.71. The van der Waals surface area contributed by atoms with E-state index in [0.717, 1.165) is 51.9 Å². The van der Waals surface area contributed by atoms with Crippen LogP contribution >= 0.6 is 11.6 Å². The number of benzene rings is 1. The van der Waals surface area contributed by atoms with Crippen LogP contribution in [0.1, 0.15) is 39.5 Å². The van der Waals surface area contributed by atoms with E-state index >= 15 is 0 Å². The number of aromatic nitrogens is 2. The van der Waals surface area contributed by atoms with Gasteiger partial charge in [0, 0.05) is 38.3 Å². The predicted molar refractivity (Wildman–Crippen MR) is 147 cm³/mol. The molecule has 37 heavy (non-hydrogen) atoms. The number of halogens is 1. The molecule has 9 nitrogen and oxygen atoms in total. The van der Waals surface area contributed by atoms with E-state index in [0.29, 0.717) is 28.5 Å². The van der Waals surface area contributed by atoms with Gasteiger partial charge in [-0.1, -0.05) is 30.3 Å². The van der Waals surface area contributed by atoms with Gasteiger partial charge in [0.15, 0.2) is 15.7 Å². The monoisotopic (exact) mass is 546 g/mol. The van der Waals surface area contributed by atoms with Crippen molar-refractivity contribution in [3.8, 4) is 0 Å². The third-order valence-corrected chi connectivity index (χ3v) is 9.59. The number of carbonyl (C=O) groups excluding carboxylic acids is 1. The quantitative estimate of drug-likeness (QED) is 0.476. The summed E-state index contributed by atoms with van der Waals surface area (Å²) in [5.41, 5.74) is 0.426. The molecule has 0 unspecified atom stereocenters. The van der Waals surface area contributed by atoms with Gasteiger partial charge in [0.2, 0.25) is 11.9 Å². The zero-order valence-corrected chi connectivity index (χ0v) is 22.9. The lowest BCUT2D eigenvalue weighted by Gasteiger charge is -2.42. The summed E-state index contributed by atoms with van der Waals surface area (Å²) in [7, 11) is -3.50. The lowest BCUT2D eigenvalue weighted by Crippen LogP contribution is -2.53. The van der Waals surface area contributed by atoms with Gasteiger partial charge < -0.3 is 15.5 Å². The molecule has 0 bridgehead atoms. The molecule has 0 spiro atoms. The number of carbonyl (C=O) groups is 1. The molecule has 4 rings (SSSR count). The molecule has 1 aliphatic carbocycles. The lowest BCUT2D eigenvalue weighted by molar-refractivity contribution is -0.128. The Morgan fingerprint density at radius 1 is 1.19 bits per heavy atom. The third kappa shape index (κ3) is 6.42. The van der Waals surface area contributed by atoms with Gasteiger partial charge in [-0.3, -0.25) is 9.69 Å². The summed E-state index contributed by atoms with van der Waals surface area (Å²) in [6.07, 6.45) is 7.09. The van der Waals surface area contributed by atoms with Gasteiger partial charge in [-0.05, 0) is 57.7 Å². The Labute approximate surface area is 224 Å². The molecule has 2 N–H and O–H groups in total. The van der Waals surface area contributed by atoms with Crippen LogP contribution in [0.4, 0.5) is 17.5 Å². The first-order valence-electron chi connectivity index (χ1n) is 12.7. The second kappa shape index (κ2) is 11.8. The minimum atomic E-state index is -3.50. The van der Waals surface area contributed by atoms with Crippen LogP contribution in [0.2, 0.25) is 5.02 Å². The number of nitrogens with zero attached hydrogens (tertiary/aromatic N) is 4. The van der Waals surface area contributed by atoms with Crippen molar-refractivity contribution >= 4 is 44.8 Å². The van der Waals surface area contributed by atoms with E-state index < -0.39 is 15.1 Å². The van der Waals surface area contributed by atoms with Gasteiger partial charge in [-0.15, -0.1) is 0 Å². The van der Waals surface area contributed by atoms with Crippen LogP contribution < -0.4 is 10.6 Å². The highest BCUT2D eigenvalue weighted by atomic mass is 35.5. The maximum atomic E-state index is 12.8. The highest BCUT2D eigenvalue weighted by molar-refractivity contribution is 7.92. The highest BCUT2D eigenvalue weighted by Gasteiger charge is 2.30. The summed E-state index contributed by atoms with van der Waals surface area (Å²) in [4.78, 5) is 25.4. The van der Waals surface area contributed by atoms with Gasteiger partial charge in [0.1, 0.15) is 5.02 Å². The Morgan fingerprint density at radius 3 is 2.62 bits per heavy atom. The van der Waals surface area contributed by atoms with Crippen LogP contribution in [0.5, 0.6) is 0 Å². The summed E-state index contributed by atoms with van der Waals surface area (Å²) in [6, 6.07) is 7.40. The molecule has 2 atom stereocenters. The van der Waals surface area contributed by atoms with Crippen LogP contribution in [0.15, 0.2) is 48.0 Å². The van der Waals surface area contributed by atoms with Crippen LogP contribution in [-0.4, -0.2) is 77.6 Å². The average Bonchev–Trinajstić information content (AvgIpc) is 2.90. The number of sulfone groups is 1. The van der Waals surface area contributed by atoms with Crippen molar-refractivity contribution in [1.82, 2.24) is 19.8 Å². The summed E-state index contributed by atoms with van der Waals surface area (Å²) < 4.78 is 25.7. The maximum Gasteiger partial charge on any atom is 0.246 e. The van der Waals surface area contributed by atoms with Crippen molar-refractivity contribution in [2.45, 2.75) is 61.8 Å². The molecule has 1 saturated carbocycles. The molecule has 2 heterocycles. The van der Waals surface area contributed by atoms with Gasteiger partial charge in [0.05, 0.1) is 22.0 Å². The summed E-state index contributed by atoms with van der Waals surface area (Å²) >= 11 is 6.38. The van der Waals surface area contributed by atoms with E-state index in [1.54, 1.807) is 38.1 Å². The van der Waals surface area contributed by atoms with Crippen LogP contribution in [-0.2, 0) is 14.6 Å². The number of amides is 1. The number of nitrogens with one attached hydrogen (secondary N) is 2. The molecule has 11 heteroatoms. The first-order chi connectivity index (χ1) is 17.7. The fraction of sp³-hybridized carbons (Fsp3) is 0.500. The first-order valence-corrected chi connectivity index (χ1v) is 14.7. The molecule has 1 aliphatic heterocycles. The van der Waals surface area contributed by atoms with E-state index in [4.69, 9.17) is 11.6 Å². The van der Waals surface area contributed by atoms with Crippen molar-refractivity contribution in [2.75, 3.05) is 36.8 Å². The number of rotatable bonds is 8. The smallest absolute Gasteiger partial charge is 0.246 e. The summed E-state index contributed by atoms with van der Waals surface area (Å²) in [6.45, 7) is 10.1. The molecule has 1 saturated heterocycles. The average molecular weight is 547 g/mol. The zero-order valence-electron chi connectivity index (χ0n) is 21.4. The van der Waals surface area contributed by atoms with Gasteiger partial charge in [-0.2, -0.15) is 4.98 Å². The molecular weight excluding hydrogens is 512 g/mol. The van der Waals surface area contributed by atoms with Crippen LogP contribution in [0, 0.1) is 0 Å². The Hall–Kier alpha value is -2.69. The van der Waals surface area contributed by atoms with Crippen LogP contribution in [0.25, 0.3) is 0 Å². The van der Waals surface area contributed by atoms with Crippen molar-refractivity contribution in [3.05, 3.63) is 48.1 Å². The van der Waals surface area contributed by atoms with Crippen molar-refractivity contribution < 1.29 is 13.2 Å². The Balaban J connectivity index is 1.43. The van der Waals surface area contributed by atoms with Gasteiger partial charge in [-0.25, -0.2) is 13.4 Å². The van der Waals surface area contributed by atoms with E-state index in [2.05, 4.69) is 32.1 Å². The normalized spacial score (nSPS) is 21.0. The summed E-state index contributed by atoms with van der Waals surface area (Å²) in [5.74, 6) is 0.792. The van der Waals surface area contributed by atoms with E-state index in [1.807, 2.05) is 4.90 Å². The Morgan fingerprint density at radius 2 is 1.92 bits per heavy atom. The zero-order chi connectivity index (χ0) is 26.6. The lowest BCUT2D eigenvalue weighted by atomic mass is 9.89. The molecule has 1 amide bonds. The van der Waals surface area contributed by atoms with E-state index in [9.17, 15) is 13.2 Å². The third-order valence-electron chi connectivity index (χ3n) is 7.11.